The Labute approximate surface area is 169 Å². The van der Waals surface area contributed by atoms with E-state index in [0.29, 0.717) is 5.69 Å². The van der Waals surface area contributed by atoms with Gasteiger partial charge in [-0.05, 0) is 55.0 Å². The Hall–Kier alpha value is -2.91. The van der Waals surface area contributed by atoms with Gasteiger partial charge in [0, 0.05) is 16.9 Å². The minimum absolute atomic E-state index is 0.0175. The van der Waals surface area contributed by atoms with Gasteiger partial charge in [-0.1, -0.05) is 30.3 Å². The van der Waals surface area contributed by atoms with Crippen LogP contribution in [0.4, 0.5) is 15.8 Å². The molecule has 0 fully saturated rings. The zero-order valence-electron chi connectivity index (χ0n) is 15.5. The number of anilines is 2. The van der Waals surface area contributed by atoms with Gasteiger partial charge in [-0.2, -0.15) is 0 Å². The molecule has 0 amide bonds. The number of aryl methyl sites for hydroxylation is 1. The summed E-state index contributed by atoms with van der Waals surface area (Å²) in [5, 5.41) is 0. The molecule has 29 heavy (non-hydrogen) atoms. The van der Waals surface area contributed by atoms with Crippen LogP contribution in [0.3, 0.4) is 0 Å². The van der Waals surface area contributed by atoms with Crippen LogP contribution in [-0.2, 0) is 25.8 Å². The van der Waals surface area contributed by atoms with E-state index in [2.05, 4.69) is 9.44 Å². The fourth-order valence-corrected chi connectivity index (χ4v) is 4.92. The Balaban J connectivity index is 1.73. The van der Waals surface area contributed by atoms with Gasteiger partial charge in [0.1, 0.15) is 5.82 Å². The van der Waals surface area contributed by atoms with Gasteiger partial charge in [-0.15, -0.1) is 0 Å². The van der Waals surface area contributed by atoms with E-state index in [1.54, 1.807) is 24.3 Å². The maximum absolute atomic E-state index is 13.7. The first-order valence-corrected chi connectivity index (χ1v) is 11.7. The number of benzene rings is 3. The zero-order valence-corrected chi connectivity index (χ0v) is 17.1. The van der Waals surface area contributed by atoms with E-state index in [1.165, 1.54) is 42.5 Å². The highest BCUT2D eigenvalue weighted by atomic mass is 32.2. The second-order valence-electron chi connectivity index (χ2n) is 6.45. The first-order valence-electron chi connectivity index (χ1n) is 8.58. The highest BCUT2D eigenvalue weighted by Gasteiger charge is 2.17. The van der Waals surface area contributed by atoms with E-state index < -0.39 is 31.6 Å². The molecule has 0 radical (unpaired) electrons. The maximum Gasteiger partial charge on any atom is 0.261 e. The number of rotatable bonds is 7. The van der Waals surface area contributed by atoms with E-state index in [9.17, 15) is 21.2 Å². The fraction of sp³-hybridized carbons (Fsp3) is 0.100. The summed E-state index contributed by atoms with van der Waals surface area (Å²) in [6.45, 7) is 1.85. The molecule has 0 aliphatic rings. The van der Waals surface area contributed by atoms with Crippen LogP contribution in [-0.4, -0.2) is 16.8 Å². The lowest BCUT2D eigenvalue weighted by Gasteiger charge is -2.11. The molecule has 0 aliphatic heterocycles. The summed E-state index contributed by atoms with van der Waals surface area (Å²) in [5.74, 6) is -1.14. The number of sulfonamides is 2. The summed E-state index contributed by atoms with van der Waals surface area (Å²) >= 11 is 0. The third-order valence-corrected chi connectivity index (χ3v) is 6.65. The van der Waals surface area contributed by atoms with E-state index in [-0.39, 0.29) is 16.1 Å². The minimum atomic E-state index is -3.87. The molecule has 0 aromatic heterocycles. The van der Waals surface area contributed by atoms with E-state index in [4.69, 9.17) is 0 Å². The second-order valence-corrected chi connectivity index (χ2v) is 9.86. The van der Waals surface area contributed by atoms with Crippen molar-refractivity contribution >= 4 is 31.4 Å². The molecule has 0 unspecified atom stereocenters. The summed E-state index contributed by atoms with van der Waals surface area (Å²) in [6, 6.07) is 17.8. The highest BCUT2D eigenvalue weighted by Crippen LogP contribution is 2.20. The van der Waals surface area contributed by atoms with Gasteiger partial charge in [-0.25, -0.2) is 21.2 Å². The van der Waals surface area contributed by atoms with Crippen molar-refractivity contribution in [2.75, 3.05) is 9.44 Å². The lowest BCUT2D eigenvalue weighted by molar-refractivity contribution is 0.591. The topological polar surface area (TPSA) is 92.3 Å². The molecule has 0 heterocycles. The summed E-state index contributed by atoms with van der Waals surface area (Å²) in [4.78, 5) is -0.0175. The quantitative estimate of drug-likeness (QED) is 0.590. The van der Waals surface area contributed by atoms with E-state index >= 15 is 0 Å². The number of hydrogen-bond acceptors (Lipinski definition) is 4. The summed E-state index contributed by atoms with van der Waals surface area (Å²) in [7, 11) is -7.69. The third kappa shape index (κ3) is 5.55. The maximum atomic E-state index is 13.7. The van der Waals surface area contributed by atoms with Gasteiger partial charge < -0.3 is 0 Å². The average molecular weight is 435 g/mol. The Kier molecular flexibility index (Phi) is 5.90. The lowest BCUT2D eigenvalue weighted by Crippen LogP contribution is -2.16. The largest absolute Gasteiger partial charge is 0.283 e. The molecule has 3 rings (SSSR count). The molecule has 9 heteroatoms. The van der Waals surface area contributed by atoms with Crippen LogP contribution in [0.15, 0.2) is 77.7 Å². The monoisotopic (exact) mass is 434 g/mol. The number of halogens is 1. The Bertz CT molecular complexity index is 1230. The standard InChI is InChI=1S/C20H19FN2O4S2/c1-15-5-4-7-18(13-15)23-29(26,27)19-11-9-17(10-12-19)22-28(24,25)14-16-6-2-3-8-20(16)21/h2-13,22-23H,14H2,1H3. The van der Waals surface area contributed by atoms with Gasteiger partial charge in [0.15, 0.2) is 0 Å². The van der Waals surface area contributed by atoms with Gasteiger partial charge in [-0.3, -0.25) is 9.44 Å². The molecule has 0 bridgehead atoms. The van der Waals surface area contributed by atoms with E-state index in [0.717, 1.165) is 5.56 Å². The van der Waals surface area contributed by atoms with Gasteiger partial charge in [0.2, 0.25) is 10.0 Å². The van der Waals surface area contributed by atoms with Gasteiger partial charge in [0.05, 0.1) is 10.6 Å². The molecule has 3 aromatic carbocycles. The molecular formula is C20H19FN2O4S2. The Morgan fingerprint density at radius 3 is 2.14 bits per heavy atom. The minimum Gasteiger partial charge on any atom is -0.283 e. The molecule has 152 valence electrons. The molecule has 0 saturated carbocycles. The molecular weight excluding hydrogens is 415 g/mol. The lowest BCUT2D eigenvalue weighted by atomic mass is 10.2. The van der Waals surface area contributed by atoms with Crippen LogP contribution in [0.2, 0.25) is 0 Å². The molecule has 6 nitrogen and oxygen atoms in total. The van der Waals surface area contributed by atoms with Crippen LogP contribution in [0.1, 0.15) is 11.1 Å². The van der Waals surface area contributed by atoms with Crippen LogP contribution in [0, 0.1) is 12.7 Å². The van der Waals surface area contributed by atoms with Crippen LogP contribution in [0.5, 0.6) is 0 Å². The van der Waals surface area contributed by atoms with Gasteiger partial charge >= 0.3 is 0 Å². The third-order valence-electron chi connectivity index (χ3n) is 4.01. The van der Waals surface area contributed by atoms with Crippen molar-refractivity contribution in [1.82, 2.24) is 0 Å². The number of hydrogen-bond donors (Lipinski definition) is 2. The predicted molar refractivity (Wildman–Crippen MR) is 111 cm³/mol. The fourth-order valence-electron chi connectivity index (χ4n) is 2.66. The highest BCUT2D eigenvalue weighted by molar-refractivity contribution is 7.92. The Morgan fingerprint density at radius 1 is 0.793 bits per heavy atom. The zero-order chi connectivity index (χ0) is 21.1. The number of nitrogens with one attached hydrogen (secondary N) is 2. The first-order chi connectivity index (χ1) is 13.6. The molecule has 0 saturated heterocycles. The summed E-state index contributed by atoms with van der Waals surface area (Å²) in [6.07, 6.45) is 0. The summed E-state index contributed by atoms with van der Waals surface area (Å²) in [5.41, 5.74) is 1.56. The van der Waals surface area contributed by atoms with Crippen molar-refractivity contribution in [3.63, 3.8) is 0 Å². The average Bonchev–Trinajstić information content (AvgIpc) is 2.63. The van der Waals surface area contributed by atoms with Crippen LogP contribution >= 0.6 is 0 Å². The molecule has 0 aliphatic carbocycles. The first kappa shape index (κ1) is 20.8. The predicted octanol–water partition coefficient (Wildman–Crippen LogP) is 3.88. The molecule has 0 spiro atoms. The Morgan fingerprint density at radius 2 is 1.48 bits per heavy atom. The van der Waals surface area contributed by atoms with Crippen molar-refractivity contribution in [2.24, 2.45) is 0 Å². The van der Waals surface area contributed by atoms with Gasteiger partial charge in [0.25, 0.3) is 10.0 Å². The van der Waals surface area contributed by atoms with Crippen molar-refractivity contribution in [2.45, 2.75) is 17.6 Å². The van der Waals surface area contributed by atoms with Crippen molar-refractivity contribution < 1.29 is 21.2 Å². The molecule has 3 aromatic rings. The van der Waals surface area contributed by atoms with Crippen molar-refractivity contribution in [3.8, 4) is 0 Å². The molecule has 0 atom stereocenters. The van der Waals surface area contributed by atoms with Crippen molar-refractivity contribution in [3.05, 3.63) is 89.7 Å². The van der Waals surface area contributed by atoms with Crippen LogP contribution in [0.25, 0.3) is 0 Å². The normalized spacial score (nSPS) is 11.8. The smallest absolute Gasteiger partial charge is 0.261 e. The summed E-state index contributed by atoms with van der Waals surface area (Å²) < 4.78 is 68.0. The van der Waals surface area contributed by atoms with E-state index in [1.807, 2.05) is 13.0 Å². The second kappa shape index (κ2) is 8.22. The molecule has 2 N–H and O–H groups in total. The van der Waals surface area contributed by atoms with Crippen LogP contribution < -0.4 is 9.44 Å². The van der Waals surface area contributed by atoms with Crippen molar-refractivity contribution in [1.29, 1.82) is 0 Å². The SMILES string of the molecule is Cc1cccc(NS(=O)(=O)c2ccc(NS(=O)(=O)Cc3ccccc3F)cc2)c1.